The van der Waals surface area contributed by atoms with Gasteiger partial charge in [-0.05, 0) is 43.8 Å². The molecular weight excluding hydrogens is 305 g/mol. The number of likely N-dealkylation sites (N-methyl/N-ethyl adjacent to an activating group) is 1. The lowest BCUT2D eigenvalue weighted by molar-refractivity contribution is 0.243. The summed E-state index contributed by atoms with van der Waals surface area (Å²) in [5.74, 6) is -0.452. The molecule has 2 rings (SSSR count). The number of para-hydroxylation sites is 1. The minimum atomic E-state index is -0.452. The third kappa shape index (κ3) is 4.80. The number of hydrogen-bond donors (Lipinski definition) is 2. The predicted octanol–water partition coefficient (Wildman–Crippen LogP) is 3.81. The van der Waals surface area contributed by atoms with Crippen molar-refractivity contribution in [2.45, 2.75) is 19.4 Å². The van der Waals surface area contributed by atoms with Crippen molar-refractivity contribution in [3.8, 4) is 0 Å². The van der Waals surface area contributed by atoms with Gasteiger partial charge in [-0.15, -0.1) is 0 Å². The van der Waals surface area contributed by atoms with Crippen molar-refractivity contribution in [1.29, 1.82) is 0 Å². The van der Waals surface area contributed by atoms with Crippen LogP contribution in [0.25, 0.3) is 0 Å². The number of nitrogens with one attached hydrogen (secondary N) is 2. The summed E-state index contributed by atoms with van der Waals surface area (Å²) in [6, 6.07) is 14.1. The van der Waals surface area contributed by atoms with Crippen LogP contribution in [0.1, 0.15) is 24.1 Å². The summed E-state index contributed by atoms with van der Waals surface area (Å²) in [6.07, 6.45) is 0.996. The second-order valence-corrected chi connectivity index (χ2v) is 5.89. The lowest BCUT2D eigenvalue weighted by Crippen LogP contribution is -2.37. The van der Waals surface area contributed by atoms with Crippen LogP contribution in [0, 0.1) is 5.82 Å². The molecule has 0 fully saturated rings. The van der Waals surface area contributed by atoms with Gasteiger partial charge in [-0.3, -0.25) is 0 Å². The van der Waals surface area contributed by atoms with Gasteiger partial charge in [0.05, 0.1) is 11.7 Å². The van der Waals surface area contributed by atoms with E-state index in [1.54, 1.807) is 12.1 Å². The van der Waals surface area contributed by atoms with Crippen LogP contribution >= 0.6 is 0 Å². The minimum Gasteiger partial charge on any atom is -0.336 e. The molecule has 0 aromatic heterocycles. The summed E-state index contributed by atoms with van der Waals surface area (Å²) in [4.78, 5) is 14.1. The highest BCUT2D eigenvalue weighted by atomic mass is 19.1. The lowest BCUT2D eigenvalue weighted by atomic mass is 10.0. The van der Waals surface area contributed by atoms with Crippen LogP contribution in [0.4, 0.5) is 14.9 Å². The number of rotatable bonds is 6. The standard InChI is InChI=1S/C19H24FN3O/c1-4-14-9-11-15(12-10-14)18(23(2)3)13-21-19(24)22-17-8-6-5-7-16(17)20/h5-12,18H,4,13H2,1-3H3,(H2,21,22,24)/t18-/m1/s1. The maximum absolute atomic E-state index is 13.6. The van der Waals surface area contributed by atoms with Crippen molar-refractivity contribution < 1.29 is 9.18 Å². The van der Waals surface area contributed by atoms with Crippen molar-refractivity contribution in [2.24, 2.45) is 0 Å². The van der Waals surface area contributed by atoms with Crippen LogP contribution in [0.15, 0.2) is 48.5 Å². The van der Waals surface area contributed by atoms with Crippen molar-refractivity contribution in [3.63, 3.8) is 0 Å². The first-order chi connectivity index (χ1) is 11.5. The Bertz CT molecular complexity index is 671. The molecule has 4 nitrogen and oxygen atoms in total. The van der Waals surface area contributed by atoms with Crippen LogP contribution in [-0.4, -0.2) is 31.6 Å². The summed E-state index contributed by atoms with van der Waals surface area (Å²) in [5.41, 5.74) is 2.58. The number of hydrogen-bond acceptors (Lipinski definition) is 2. The molecular formula is C19H24FN3O. The number of carbonyl (C=O) groups excluding carboxylic acids is 1. The molecule has 0 saturated carbocycles. The number of anilines is 1. The van der Waals surface area contributed by atoms with Crippen molar-refractivity contribution in [3.05, 3.63) is 65.5 Å². The van der Waals surface area contributed by atoms with E-state index in [9.17, 15) is 9.18 Å². The third-order valence-corrected chi connectivity index (χ3v) is 3.97. The molecule has 24 heavy (non-hydrogen) atoms. The number of urea groups is 1. The molecule has 0 saturated heterocycles. The molecule has 5 heteroatoms. The zero-order valence-electron chi connectivity index (χ0n) is 14.3. The van der Waals surface area contributed by atoms with E-state index in [0.29, 0.717) is 6.54 Å². The van der Waals surface area contributed by atoms with Gasteiger partial charge in [0, 0.05) is 6.54 Å². The number of amides is 2. The highest BCUT2D eigenvalue weighted by Gasteiger charge is 2.15. The zero-order chi connectivity index (χ0) is 17.5. The maximum atomic E-state index is 13.6. The van der Waals surface area contributed by atoms with E-state index in [1.807, 2.05) is 19.0 Å². The Hall–Kier alpha value is -2.40. The molecule has 0 aliphatic heterocycles. The Morgan fingerprint density at radius 3 is 2.38 bits per heavy atom. The van der Waals surface area contributed by atoms with Gasteiger partial charge in [0.25, 0.3) is 0 Å². The van der Waals surface area contributed by atoms with E-state index in [1.165, 1.54) is 17.7 Å². The van der Waals surface area contributed by atoms with Crippen molar-refractivity contribution >= 4 is 11.7 Å². The molecule has 2 N–H and O–H groups in total. The predicted molar refractivity (Wildman–Crippen MR) is 95.7 cm³/mol. The zero-order valence-corrected chi connectivity index (χ0v) is 14.3. The molecule has 2 aromatic carbocycles. The first-order valence-electron chi connectivity index (χ1n) is 8.06. The summed E-state index contributed by atoms with van der Waals surface area (Å²) in [5, 5.41) is 5.34. The molecule has 0 heterocycles. The van der Waals surface area contributed by atoms with Gasteiger partial charge in [0.1, 0.15) is 5.82 Å². The van der Waals surface area contributed by atoms with Gasteiger partial charge >= 0.3 is 6.03 Å². The Kier molecular flexibility index (Phi) is 6.32. The highest BCUT2D eigenvalue weighted by molar-refractivity contribution is 5.89. The normalized spacial score (nSPS) is 12.0. The van der Waals surface area contributed by atoms with Gasteiger partial charge in [0.2, 0.25) is 0 Å². The molecule has 0 bridgehead atoms. The highest BCUT2D eigenvalue weighted by Crippen LogP contribution is 2.18. The number of halogens is 1. The summed E-state index contributed by atoms with van der Waals surface area (Å²) < 4.78 is 13.6. The topological polar surface area (TPSA) is 44.4 Å². The van der Waals surface area contributed by atoms with E-state index < -0.39 is 11.8 Å². The second kappa shape index (κ2) is 8.45. The van der Waals surface area contributed by atoms with E-state index >= 15 is 0 Å². The van der Waals surface area contributed by atoms with Crippen LogP contribution in [0.3, 0.4) is 0 Å². The molecule has 1 atom stereocenters. The number of nitrogens with zero attached hydrogens (tertiary/aromatic N) is 1. The molecule has 2 amide bonds. The maximum Gasteiger partial charge on any atom is 0.319 e. The Balaban J connectivity index is 1.98. The average molecular weight is 329 g/mol. The number of carbonyl (C=O) groups is 1. The Labute approximate surface area is 142 Å². The molecule has 0 radical (unpaired) electrons. The van der Waals surface area contributed by atoms with Crippen LogP contribution in [-0.2, 0) is 6.42 Å². The summed E-state index contributed by atoms with van der Waals surface area (Å²) in [6.45, 7) is 2.55. The Morgan fingerprint density at radius 2 is 1.79 bits per heavy atom. The van der Waals surface area contributed by atoms with E-state index in [2.05, 4.69) is 41.8 Å². The summed E-state index contributed by atoms with van der Waals surface area (Å²) >= 11 is 0. The number of benzene rings is 2. The number of aryl methyl sites for hydroxylation is 1. The van der Waals surface area contributed by atoms with Gasteiger partial charge in [-0.2, -0.15) is 0 Å². The van der Waals surface area contributed by atoms with Gasteiger partial charge in [-0.25, -0.2) is 9.18 Å². The van der Waals surface area contributed by atoms with Crippen molar-refractivity contribution in [2.75, 3.05) is 26.0 Å². The molecule has 0 aliphatic rings. The fourth-order valence-electron chi connectivity index (χ4n) is 2.49. The third-order valence-electron chi connectivity index (χ3n) is 3.97. The Morgan fingerprint density at radius 1 is 1.12 bits per heavy atom. The van der Waals surface area contributed by atoms with Crippen LogP contribution < -0.4 is 10.6 Å². The van der Waals surface area contributed by atoms with E-state index in [0.717, 1.165) is 12.0 Å². The lowest BCUT2D eigenvalue weighted by Gasteiger charge is -2.25. The first kappa shape index (κ1) is 17.9. The van der Waals surface area contributed by atoms with E-state index in [-0.39, 0.29) is 11.7 Å². The molecule has 128 valence electrons. The van der Waals surface area contributed by atoms with Gasteiger partial charge in [0.15, 0.2) is 0 Å². The summed E-state index contributed by atoms with van der Waals surface area (Å²) in [7, 11) is 3.93. The molecule has 0 aliphatic carbocycles. The molecule has 2 aromatic rings. The average Bonchev–Trinajstić information content (AvgIpc) is 2.57. The first-order valence-corrected chi connectivity index (χ1v) is 8.06. The van der Waals surface area contributed by atoms with Crippen molar-refractivity contribution in [1.82, 2.24) is 10.2 Å². The fourth-order valence-corrected chi connectivity index (χ4v) is 2.49. The van der Waals surface area contributed by atoms with Gasteiger partial charge in [-0.1, -0.05) is 43.3 Å². The van der Waals surface area contributed by atoms with Gasteiger partial charge < -0.3 is 15.5 Å². The largest absolute Gasteiger partial charge is 0.336 e. The smallest absolute Gasteiger partial charge is 0.319 e. The van der Waals surface area contributed by atoms with Crippen LogP contribution in [0.2, 0.25) is 0 Å². The van der Waals surface area contributed by atoms with E-state index in [4.69, 9.17) is 0 Å². The molecule has 0 unspecified atom stereocenters. The van der Waals surface area contributed by atoms with Crippen LogP contribution in [0.5, 0.6) is 0 Å². The minimum absolute atomic E-state index is 0.0438. The monoisotopic (exact) mass is 329 g/mol. The molecule has 0 spiro atoms. The SMILES string of the molecule is CCc1ccc([C@@H](CNC(=O)Nc2ccccc2F)N(C)C)cc1. The second-order valence-electron chi connectivity index (χ2n) is 5.89. The fraction of sp³-hybridized carbons (Fsp3) is 0.316. The quantitative estimate of drug-likeness (QED) is 0.846.